The lowest BCUT2D eigenvalue weighted by Crippen LogP contribution is -2.01. The molecule has 20 heavy (non-hydrogen) atoms. The second kappa shape index (κ2) is 6.10. The zero-order chi connectivity index (χ0) is 14.5. The molecule has 0 fully saturated rings. The molecule has 2 rings (SSSR count). The first kappa shape index (κ1) is 13.9. The predicted octanol–water partition coefficient (Wildman–Crippen LogP) is 3.28. The molecule has 0 saturated heterocycles. The molecule has 0 saturated carbocycles. The maximum atomic E-state index is 10.9. The summed E-state index contributed by atoms with van der Waals surface area (Å²) < 4.78 is 11.0. The largest absolute Gasteiger partial charge is 0.496 e. The number of hydrogen-bond donors (Lipinski definition) is 1. The van der Waals surface area contributed by atoms with Gasteiger partial charge in [0.15, 0.2) is 0 Å². The number of rotatable bonds is 5. The van der Waals surface area contributed by atoms with E-state index in [1.807, 2.05) is 31.2 Å². The average Bonchev–Trinajstić information content (AvgIpc) is 2.46. The van der Waals surface area contributed by atoms with Crippen LogP contribution in [0.5, 0.6) is 11.5 Å². The number of benzene rings is 2. The van der Waals surface area contributed by atoms with Gasteiger partial charge >= 0.3 is 5.97 Å². The lowest BCUT2D eigenvalue weighted by Gasteiger charge is -2.12. The maximum Gasteiger partial charge on any atom is 0.335 e. The Hall–Kier alpha value is -2.49. The predicted molar refractivity (Wildman–Crippen MR) is 75.5 cm³/mol. The number of hydrogen-bond acceptors (Lipinski definition) is 3. The van der Waals surface area contributed by atoms with Crippen LogP contribution in [0.1, 0.15) is 21.5 Å². The second-order valence-corrected chi connectivity index (χ2v) is 4.39. The highest BCUT2D eigenvalue weighted by Crippen LogP contribution is 2.23. The molecule has 0 aliphatic heterocycles. The fraction of sp³-hybridized carbons (Fsp3) is 0.188. The highest BCUT2D eigenvalue weighted by molar-refractivity contribution is 5.88. The number of ether oxygens (including phenoxy) is 2. The summed E-state index contributed by atoms with van der Waals surface area (Å²) in [5, 5.41) is 8.92. The third-order valence-electron chi connectivity index (χ3n) is 3.00. The molecule has 0 atom stereocenters. The molecule has 4 nitrogen and oxygen atoms in total. The van der Waals surface area contributed by atoms with Gasteiger partial charge in [-0.2, -0.15) is 0 Å². The minimum absolute atomic E-state index is 0.257. The summed E-state index contributed by atoms with van der Waals surface area (Å²) in [6.45, 7) is 2.20. The van der Waals surface area contributed by atoms with Crippen LogP contribution in [0, 0.1) is 6.92 Å². The standard InChI is InChI=1S/C16H16O4/c1-11-9-12(16(17)18)7-8-14(11)20-10-13-5-3-4-6-15(13)19-2/h3-9H,10H2,1-2H3,(H,17,18). The summed E-state index contributed by atoms with van der Waals surface area (Å²) in [5.74, 6) is 0.498. The molecular formula is C16H16O4. The van der Waals surface area contributed by atoms with Crippen LogP contribution in [0.3, 0.4) is 0 Å². The maximum absolute atomic E-state index is 10.9. The Bertz CT molecular complexity index is 620. The van der Waals surface area contributed by atoms with Gasteiger partial charge in [-0.3, -0.25) is 0 Å². The molecule has 0 heterocycles. The Morgan fingerprint density at radius 2 is 1.90 bits per heavy atom. The molecule has 4 heteroatoms. The van der Waals surface area contributed by atoms with Crippen LogP contribution < -0.4 is 9.47 Å². The first-order valence-corrected chi connectivity index (χ1v) is 6.20. The van der Waals surface area contributed by atoms with Crippen LogP contribution in [-0.4, -0.2) is 18.2 Å². The van der Waals surface area contributed by atoms with Crippen molar-refractivity contribution in [2.45, 2.75) is 13.5 Å². The van der Waals surface area contributed by atoms with Crippen molar-refractivity contribution in [3.63, 3.8) is 0 Å². The van der Waals surface area contributed by atoms with Gasteiger partial charge in [-0.25, -0.2) is 4.79 Å². The molecule has 0 radical (unpaired) electrons. The molecule has 0 amide bonds. The average molecular weight is 272 g/mol. The minimum Gasteiger partial charge on any atom is -0.496 e. The number of methoxy groups -OCH3 is 1. The first-order valence-electron chi connectivity index (χ1n) is 6.20. The lowest BCUT2D eigenvalue weighted by molar-refractivity contribution is 0.0696. The van der Waals surface area contributed by atoms with E-state index >= 15 is 0 Å². The van der Waals surface area contributed by atoms with Crippen LogP contribution in [0.4, 0.5) is 0 Å². The molecule has 2 aromatic rings. The lowest BCUT2D eigenvalue weighted by atomic mass is 10.1. The number of aromatic carboxylic acids is 1. The van der Waals surface area contributed by atoms with Crippen molar-refractivity contribution in [1.29, 1.82) is 0 Å². The van der Waals surface area contributed by atoms with Crippen molar-refractivity contribution in [2.24, 2.45) is 0 Å². The van der Waals surface area contributed by atoms with Gasteiger partial charge in [0.1, 0.15) is 18.1 Å². The molecule has 0 bridgehead atoms. The van der Waals surface area contributed by atoms with Gasteiger partial charge in [0.05, 0.1) is 12.7 Å². The summed E-state index contributed by atoms with van der Waals surface area (Å²) in [6.07, 6.45) is 0. The Morgan fingerprint density at radius 3 is 2.55 bits per heavy atom. The monoisotopic (exact) mass is 272 g/mol. The Morgan fingerprint density at radius 1 is 1.15 bits per heavy atom. The van der Waals surface area contributed by atoms with E-state index in [9.17, 15) is 4.79 Å². The summed E-state index contributed by atoms with van der Waals surface area (Å²) in [5.41, 5.74) is 1.99. The summed E-state index contributed by atoms with van der Waals surface area (Å²) in [4.78, 5) is 10.9. The molecule has 2 aromatic carbocycles. The number of para-hydroxylation sites is 1. The molecule has 0 aliphatic rings. The van der Waals surface area contributed by atoms with E-state index in [1.54, 1.807) is 19.2 Å². The molecular weight excluding hydrogens is 256 g/mol. The van der Waals surface area contributed by atoms with E-state index in [0.29, 0.717) is 12.4 Å². The second-order valence-electron chi connectivity index (χ2n) is 4.39. The quantitative estimate of drug-likeness (QED) is 0.907. The van der Waals surface area contributed by atoms with Crippen molar-refractivity contribution in [3.8, 4) is 11.5 Å². The molecule has 0 unspecified atom stereocenters. The molecule has 104 valence electrons. The fourth-order valence-electron chi connectivity index (χ4n) is 1.92. The van der Waals surface area contributed by atoms with E-state index in [0.717, 1.165) is 16.9 Å². The third-order valence-corrected chi connectivity index (χ3v) is 3.00. The summed E-state index contributed by atoms with van der Waals surface area (Å²) in [6, 6.07) is 12.4. The zero-order valence-corrected chi connectivity index (χ0v) is 11.4. The van der Waals surface area contributed by atoms with Crippen molar-refractivity contribution in [2.75, 3.05) is 7.11 Å². The fourth-order valence-corrected chi connectivity index (χ4v) is 1.92. The van der Waals surface area contributed by atoms with Gasteiger partial charge in [-0.15, -0.1) is 0 Å². The molecule has 0 spiro atoms. The molecule has 0 aromatic heterocycles. The molecule has 1 N–H and O–H groups in total. The minimum atomic E-state index is -0.940. The van der Waals surface area contributed by atoms with Crippen molar-refractivity contribution < 1.29 is 19.4 Å². The molecule has 0 aliphatic carbocycles. The van der Waals surface area contributed by atoms with Gasteiger partial charge in [0, 0.05) is 5.56 Å². The van der Waals surface area contributed by atoms with Crippen LogP contribution >= 0.6 is 0 Å². The summed E-state index contributed by atoms with van der Waals surface area (Å²) >= 11 is 0. The zero-order valence-electron chi connectivity index (χ0n) is 11.4. The highest BCUT2D eigenvalue weighted by atomic mass is 16.5. The van der Waals surface area contributed by atoms with E-state index in [1.165, 1.54) is 6.07 Å². The van der Waals surface area contributed by atoms with Crippen molar-refractivity contribution in [1.82, 2.24) is 0 Å². The SMILES string of the molecule is COc1ccccc1COc1ccc(C(=O)O)cc1C. The van der Waals surface area contributed by atoms with Crippen LogP contribution in [0.2, 0.25) is 0 Å². The van der Waals surface area contributed by atoms with Crippen LogP contribution in [0.15, 0.2) is 42.5 Å². The van der Waals surface area contributed by atoms with E-state index < -0.39 is 5.97 Å². The third kappa shape index (κ3) is 3.09. The van der Waals surface area contributed by atoms with Gasteiger partial charge < -0.3 is 14.6 Å². The first-order chi connectivity index (χ1) is 9.61. The van der Waals surface area contributed by atoms with E-state index in [4.69, 9.17) is 14.6 Å². The van der Waals surface area contributed by atoms with Gasteiger partial charge in [0.2, 0.25) is 0 Å². The number of carbonyl (C=O) groups is 1. The van der Waals surface area contributed by atoms with Gasteiger partial charge in [-0.05, 0) is 36.8 Å². The number of aryl methyl sites for hydroxylation is 1. The Balaban J connectivity index is 2.13. The number of carboxylic acids is 1. The van der Waals surface area contributed by atoms with Gasteiger partial charge in [-0.1, -0.05) is 18.2 Å². The Kier molecular flexibility index (Phi) is 4.25. The topological polar surface area (TPSA) is 55.8 Å². The summed E-state index contributed by atoms with van der Waals surface area (Å²) in [7, 11) is 1.62. The smallest absolute Gasteiger partial charge is 0.335 e. The number of carboxylic acid groups (broad SMARTS) is 1. The van der Waals surface area contributed by atoms with E-state index in [-0.39, 0.29) is 5.56 Å². The highest BCUT2D eigenvalue weighted by Gasteiger charge is 2.08. The van der Waals surface area contributed by atoms with Crippen molar-refractivity contribution in [3.05, 3.63) is 59.2 Å². The van der Waals surface area contributed by atoms with E-state index in [2.05, 4.69) is 0 Å². The van der Waals surface area contributed by atoms with Crippen LogP contribution in [0.25, 0.3) is 0 Å². The van der Waals surface area contributed by atoms with Crippen LogP contribution in [-0.2, 0) is 6.61 Å². The van der Waals surface area contributed by atoms with Gasteiger partial charge in [0.25, 0.3) is 0 Å². The Labute approximate surface area is 117 Å². The van der Waals surface area contributed by atoms with Crippen molar-refractivity contribution >= 4 is 5.97 Å². The normalized spacial score (nSPS) is 10.1.